The van der Waals surface area contributed by atoms with Gasteiger partial charge in [-0.1, -0.05) is 42.5 Å². The molecule has 1 aliphatic carbocycles. The molecule has 0 N–H and O–H groups in total. The Labute approximate surface area is 146 Å². The lowest BCUT2D eigenvalue weighted by molar-refractivity contribution is -0.137. The lowest BCUT2D eigenvalue weighted by atomic mass is 9.79. The van der Waals surface area contributed by atoms with Gasteiger partial charge in [0.05, 0.1) is 5.56 Å². The predicted molar refractivity (Wildman–Crippen MR) is 93.5 cm³/mol. The minimum Gasteiger partial charge on any atom is -0.384 e. The van der Waals surface area contributed by atoms with Crippen molar-refractivity contribution < 1.29 is 17.9 Å². The summed E-state index contributed by atoms with van der Waals surface area (Å²) in [6.45, 7) is 0.819. The van der Waals surface area contributed by atoms with Crippen LogP contribution in [0.3, 0.4) is 0 Å². The highest BCUT2D eigenvalue weighted by Gasteiger charge is 2.33. The van der Waals surface area contributed by atoms with E-state index >= 15 is 0 Å². The molecular weight excluding hydrogens is 325 g/mol. The van der Waals surface area contributed by atoms with Crippen LogP contribution in [0.25, 0.3) is 11.1 Å². The van der Waals surface area contributed by atoms with Crippen LogP contribution in [-0.4, -0.2) is 13.7 Å². The highest BCUT2D eigenvalue weighted by Crippen LogP contribution is 2.39. The number of ether oxygens (including phenoxy) is 1. The van der Waals surface area contributed by atoms with Gasteiger partial charge in [0.15, 0.2) is 0 Å². The van der Waals surface area contributed by atoms with Crippen molar-refractivity contribution in [3.05, 3.63) is 59.7 Å². The van der Waals surface area contributed by atoms with Gasteiger partial charge in [-0.15, -0.1) is 0 Å². The molecule has 0 heterocycles. The summed E-state index contributed by atoms with van der Waals surface area (Å²) in [6.07, 6.45) is 0.197. The van der Waals surface area contributed by atoms with Gasteiger partial charge in [-0.25, -0.2) is 0 Å². The number of halogens is 3. The second-order valence-electron chi connectivity index (χ2n) is 6.84. The van der Waals surface area contributed by atoms with Gasteiger partial charge in [0, 0.05) is 13.7 Å². The van der Waals surface area contributed by atoms with E-state index < -0.39 is 11.7 Å². The fourth-order valence-electron chi connectivity index (χ4n) is 3.82. The van der Waals surface area contributed by atoms with Gasteiger partial charge in [0.2, 0.25) is 0 Å². The second kappa shape index (κ2) is 7.61. The van der Waals surface area contributed by atoms with Gasteiger partial charge < -0.3 is 4.74 Å². The van der Waals surface area contributed by atoms with E-state index in [0.29, 0.717) is 17.4 Å². The summed E-state index contributed by atoms with van der Waals surface area (Å²) in [4.78, 5) is 0. The second-order valence-corrected chi connectivity index (χ2v) is 6.84. The Morgan fingerprint density at radius 1 is 0.920 bits per heavy atom. The first-order chi connectivity index (χ1) is 12.0. The molecule has 1 aliphatic rings. The fraction of sp³-hybridized carbons (Fsp3) is 0.429. The number of benzene rings is 2. The molecule has 0 amide bonds. The predicted octanol–water partition coefficient (Wildman–Crippen LogP) is 6.29. The summed E-state index contributed by atoms with van der Waals surface area (Å²) in [5.41, 5.74) is 1.50. The molecule has 4 heteroatoms. The molecular formula is C21H23F3O. The van der Waals surface area contributed by atoms with Crippen molar-refractivity contribution in [2.24, 2.45) is 5.92 Å². The van der Waals surface area contributed by atoms with Gasteiger partial charge in [-0.2, -0.15) is 13.2 Å². The first kappa shape index (κ1) is 18.0. The zero-order valence-electron chi connectivity index (χ0n) is 14.4. The Morgan fingerprint density at radius 3 is 2.16 bits per heavy atom. The zero-order valence-corrected chi connectivity index (χ0v) is 14.4. The number of methoxy groups -OCH3 is 1. The maximum absolute atomic E-state index is 13.2. The quantitative estimate of drug-likeness (QED) is 0.631. The number of rotatable bonds is 4. The van der Waals surface area contributed by atoms with Crippen LogP contribution in [0.5, 0.6) is 0 Å². The third-order valence-electron chi connectivity index (χ3n) is 5.17. The molecule has 0 saturated heterocycles. The van der Waals surface area contributed by atoms with E-state index in [0.717, 1.165) is 38.4 Å². The van der Waals surface area contributed by atoms with Crippen molar-refractivity contribution in [3.8, 4) is 11.1 Å². The Kier molecular flexibility index (Phi) is 5.48. The van der Waals surface area contributed by atoms with Crippen LogP contribution >= 0.6 is 0 Å². The molecule has 0 bridgehead atoms. The van der Waals surface area contributed by atoms with E-state index in [1.54, 1.807) is 13.2 Å². The van der Waals surface area contributed by atoms with Gasteiger partial charge in [-0.05, 0) is 60.3 Å². The van der Waals surface area contributed by atoms with Crippen LogP contribution in [0.15, 0.2) is 48.5 Å². The average Bonchev–Trinajstić information content (AvgIpc) is 2.62. The topological polar surface area (TPSA) is 9.23 Å². The third-order valence-corrected chi connectivity index (χ3v) is 5.17. The Bertz CT molecular complexity index is 683. The third kappa shape index (κ3) is 4.24. The molecule has 134 valence electrons. The highest BCUT2D eigenvalue weighted by molar-refractivity contribution is 5.68. The van der Waals surface area contributed by atoms with E-state index in [2.05, 4.69) is 0 Å². The molecule has 25 heavy (non-hydrogen) atoms. The molecule has 1 fully saturated rings. The molecule has 2 aromatic carbocycles. The summed E-state index contributed by atoms with van der Waals surface area (Å²) in [7, 11) is 1.74. The molecule has 0 aromatic heterocycles. The van der Waals surface area contributed by atoms with Crippen molar-refractivity contribution in [3.63, 3.8) is 0 Å². The molecule has 3 rings (SSSR count). The molecule has 0 radical (unpaired) electrons. The van der Waals surface area contributed by atoms with E-state index in [4.69, 9.17) is 4.74 Å². The fourth-order valence-corrected chi connectivity index (χ4v) is 3.82. The molecule has 0 spiro atoms. The van der Waals surface area contributed by atoms with E-state index in [1.165, 1.54) is 17.7 Å². The Hall–Kier alpha value is -1.81. The molecule has 0 unspecified atom stereocenters. The monoisotopic (exact) mass is 348 g/mol. The van der Waals surface area contributed by atoms with Crippen molar-refractivity contribution in [2.45, 2.75) is 37.8 Å². The molecule has 0 aliphatic heterocycles. The van der Waals surface area contributed by atoms with Crippen molar-refractivity contribution >= 4 is 0 Å². The number of hydrogen-bond acceptors (Lipinski definition) is 1. The normalized spacial score (nSPS) is 21.3. The first-order valence-electron chi connectivity index (χ1n) is 8.74. The minimum atomic E-state index is -4.34. The molecule has 0 atom stereocenters. The van der Waals surface area contributed by atoms with Crippen LogP contribution in [0.2, 0.25) is 0 Å². The summed E-state index contributed by atoms with van der Waals surface area (Å²) < 4.78 is 44.8. The Balaban J connectivity index is 1.76. The number of hydrogen-bond donors (Lipinski definition) is 0. The van der Waals surface area contributed by atoms with Crippen molar-refractivity contribution in [2.75, 3.05) is 13.7 Å². The minimum absolute atomic E-state index is 0.241. The first-order valence-corrected chi connectivity index (χ1v) is 8.74. The van der Waals surface area contributed by atoms with Crippen LogP contribution in [0, 0.1) is 5.92 Å². The summed E-state index contributed by atoms with van der Waals surface area (Å²) in [5.74, 6) is 1.14. The van der Waals surface area contributed by atoms with Gasteiger partial charge in [0.1, 0.15) is 0 Å². The van der Waals surface area contributed by atoms with E-state index in [-0.39, 0.29) is 5.56 Å². The zero-order chi connectivity index (χ0) is 17.9. The maximum Gasteiger partial charge on any atom is 0.417 e. The van der Waals surface area contributed by atoms with Gasteiger partial charge in [-0.3, -0.25) is 0 Å². The van der Waals surface area contributed by atoms with E-state index in [1.807, 2.05) is 24.3 Å². The number of alkyl halides is 3. The highest BCUT2D eigenvalue weighted by atomic mass is 19.4. The van der Waals surface area contributed by atoms with Crippen LogP contribution in [0.1, 0.15) is 42.7 Å². The summed E-state index contributed by atoms with van der Waals surface area (Å²) in [6, 6.07) is 13.4. The Morgan fingerprint density at radius 2 is 1.56 bits per heavy atom. The van der Waals surface area contributed by atoms with Gasteiger partial charge >= 0.3 is 6.18 Å². The maximum atomic E-state index is 13.2. The van der Waals surface area contributed by atoms with Crippen molar-refractivity contribution in [1.29, 1.82) is 0 Å². The van der Waals surface area contributed by atoms with Gasteiger partial charge in [0.25, 0.3) is 0 Å². The smallest absolute Gasteiger partial charge is 0.384 e. The average molecular weight is 348 g/mol. The largest absolute Gasteiger partial charge is 0.417 e. The summed E-state index contributed by atoms with van der Waals surface area (Å²) in [5, 5.41) is 0. The molecule has 1 saturated carbocycles. The van der Waals surface area contributed by atoms with Crippen molar-refractivity contribution in [1.82, 2.24) is 0 Å². The standard InChI is InChI=1S/C21H23F3O/c1-25-14-15-6-8-16(9-7-15)17-10-12-18(13-11-17)19-4-2-3-5-20(19)21(22,23)24/h2-5,10-13,15-16H,6-9,14H2,1H3. The summed E-state index contributed by atoms with van der Waals surface area (Å²) >= 11 is 0. The lowest BCUT2D eigenvalue weighted by Crippen LogP contribution is -2.17. The lowest BCUT2D eigenvalue weighted by Gasteiger charge is -2.28. The van der Waals surface area contributed by atoms with Crippen LogP contribution < -0.4 is 0 Å². The molecule has 1 nitrogen and oxygen atoms in total. The molecule has 2 aromatic rings. The SMILES string of the molecule is COCC1CCC(c2ccc(-c3ccccc3C(F)(F)F)cc2)CC1. The van der Waals surface area contributed by atoms with E-state index in [9.17, 15) is 13.2 Å². The van der Waals surface area contributed by atoms with Crippen LogP contribution in [0.4, 0.5) is 13.2 Å². The van der Waals surface area contributed by atoms with Crippen LogP contribution in [-0.2, 0) is 10.9 Å².